The maximum absolute atomic E-state index is 12.2. The number of benzene rings is 2. The van der Waals surface area contributed by atoms with E-state index in [0.29, 0.717) is 18.8 Å². The Morgan fingerprint density at radius 2 is 1.69 bits per heavy atom. The molecule has 6 nitrogen and oxygen atoms in total. The second-order valence-corrected chi connectivity index (χ2v) is 7.87. The molecule has 0 radical (unpaired) electrons. The van der Waals surface area contributed by atoms with E-state index in [9.17, 15) is 13.2 Å². The molecule has 0 fully saturated rings. The highest BCUT2D eigenvalue weighted by Gasteiger charge is 2.20. The highest BCUT2D eigenvalue weighted by atomic mass is 32.2. The first kappa shape index (κ1) is 19.8. The highest BCUT2D eigenvalue weighted by molar-refractivity contribution is 7.92. The average molecular weight is 376 g/mol. The molecule has 0 aromatic heterocycles. The molecule has 0 unspecified atom stereocenters. The molecule has 0 aliphatic carbocycles. The number of nitrogens with one attached hydrogen (secondary N) is 1. The Morgan fingerprint density at radius 1 is 1.08 bits per heavy atom. The average Bonchev–Trinajstić information content (AvgIpc) is 2.59. The zero-order valence-corrected chi connectivity index (χ0v) is 16.0. The first-order valence-corrected chi connectivity index (χ1v) is 10.2. The van der Waals surface area contributed by atoms with Gasteiger partial charge in [0.1, 0.15) is 12.3 Å². The number of amides is 1. The van der Waals surface area contributed by atoms with Crippen LogP contribution in [0.5, 0.6) is 5.75 Å². The lowest BCUT2D eigenvalue weighted by molar-refractivity contribution is -0.119. The van der Waals surface area contributed by atoms with Crippen molar-refractivity contribution in [2.45, 2.75) is 20.4 Å². The summed E-state index contributed by atoms with van der Waals surface area (Å²) in [6.07, 6.45) is 1.09. The van der Waals surface area contributed by atoms with Crippen LogP contribution in [0.25, 0.3) is 0 Å². The standard InChI is InChI=1S/C19H24N2O4S/c1-4-25-18-11-7-16(8-12-18)13-20-19(22)14-21(26(3,23)24)17-9-5-15(2)6-10-17/h5-12H,4,13-14H2,1-3H3,(H,20,22). The van der Waals surface area contributed by atoms with Gasteiger partial charge in [-0.05, 0) is 43.7 Å². The molecule has 140 valence electrons. The van der Waals surface area contributed by atoms with E-state index in [0.717, 1.165) is 27.4 Å². The van der Waals surface area contributed by atoms with Crippen LogP contribution < -0.4 is 14.4 Å². The lowest BCUT2D eigenvalue weighted by atomic mass is 10.2. The molecule has 2 rings (SSSR count). The predicted molar refractivity (Wildman–Crippen MR) is 103 cm³/mol. The zero-order chi connectivity index (χ0) is 19.2. The van der Waals surface area contributed by atoms with Crippen molar-refractivity contribution in [2.24, 2.45) is 0 Å². The third-order valence-corrected chi connectivity index (χ3v) is 4.87. The van der Waals surface area contributed by atoms with Gasteiger partial charge in [-0.3, -0.25) is 9.10 Å². The van der Waals surface area contributed by atoms with Crippen molar-refractivity contribution in [2.75, 3.05) is 23.7 Å². The van der Waals surface area contributed by atoms with Crippen molar-refractivity contribution in [3.8, 4) is 5.75 Å². The monoisotopic (exact) mass is 376 g/mol. The second kappa shape index (κ2) is 8.71. The van der Waals surface area contributed by atoms with Gasteiger partial charge in [-0.2, -0.15) is 0 Å². The summed E-state index contributed by atoms with van der Waals surface area (Å²) in [6, 6.07) is 14.4. The largest absolute Gasteiger partial charge is 0.494 e. The SMILES string of the molecule is CCOc1ccc(CNC(=O)CN(c2ccc(C)cc2)S(C)(=O)=O)cc1. The molecule has 0 heterocycles. The second-order valence-electron chi connectivity index (χ2n) is 5.96. The van der Waals surface area contributed by atoms with Crippen LogP contribution in [0.1, 0.15) is 18.1 Å². The first-order chi connectivity index (χ1) is 12.3. The van der Waals surface area contributed by atoms with Gasteiger partial charge >= 0.3 is 0 Å². The van der Waals surface area contributed by atoms with Gasteiger partial charge in [-0.15, -0.1) is 0 Å². The molecule has 0 spiro atoms. The van der Waals surface area contributed by atoms with Gasteiger partial charge in [-0.25, -0.2) is 8.42 Å². The molecule has 1 N–H and O–H groups in total. The summed E-state index contributed by atoms with van der Waals surface area (Å²) in [4.78, 5) is 12.2. The van der Waals surface area contributed by atoms with E-state index in [1.54, 1.807) is 12.1 Å². The van der Waals surface area contributed by atoms with Crippen molar-refractivity contribution in [1.82, 2.24) is 5.32 Å². The smallest absolute Gasteiger partial charge is 0.241 e. The van der Waals surface area contributed by atoms with Gasteiger partial charge in [-0.1, -0.05) is 29.8 Å². The Labute approximate surface area is 154 Å². The minimum absolute atomic E-state index is 0.265. The fraction of sp³-hybridized carbons (Fsp3) is 0.316. The van der Waals surface area contributed by atoms with Crippen LogP contribution in [0.3, 0.4) is 0 Å². The van der Waals surface area contributed by atoms with E-state index < -0.39 is 10.0 Å². The Kier molecular flexibility index (Phi) is 6.63. The van der Waals surface area contributed by atoms with Gasteiger partial charge in [0.05, 0.1) is 18.6 Å². The molecular formula is C19H24N2O4S. The lowest BCUT2D eigenvalue weighted by Crippen LogP contribution is -2.40. The van der Waals surface area contributed by atoms with Crippen LogP contribution in [0.2, 0.25) is 0 Å². The van der Waals surface area contributed by atoms with Crippen LogP contribution in [-0.4, -0.2) is 33.7 Å². The topological polar surface area (TPSA) is 75.7 Å². The van der Waals surface area contributed by atoms with Crippen LogP contribution in [0, 0.1) is 6.92 Å². The summed E-state index contributed by atoms with van der Waals surface area (Å²) >= 11 is 0. The normalized spacial score (nSPS) is 11.0. The van der Waals surface area contributed by atoms with Crippen LogP contribution >= 0.6 is 0 Å². The first-order valence-electron chi connectivity index (χ1n) is 8.32. The number of aryl methyl sites for hydroxylation is 1. The van der Waals surface area contributed by atoms with Crippen LogP contribution in [-0.2, 0) is 21.4 Å². The quantitative estimate of drug-likeness (QED) is 0.768. The number of carbonyl (C=O) groups is 1. The minimum Gasteiger partial charge on any atom is -0.494 e. The molecule has 0 aliphatic heterocycles. The van der Waals surface area contributed by atoms with Gasteiger partial charge < -0.3 is 10.1 Å². The number of carbonyl (C=O) groups excluding carboxylic acids is 1. The molecule has 0 bridgehead atoms. The molecule has 0 aliphatic rings. The summed E-state index contributed by atoms with van der Waals surface area (Å²) in [5.74, 6) is 0.398. The summed E-state index contributed by atoms with van der Waals surface area (Å²) < 4.78 is 30.6. The van der Waals surface area contributed by atoms with E-state index >= 15 is 0 Å². The Balaban J connectivity index is 2.00. The molecule has 2 aromatic rings. The van der Waals surface area contributed by atoms with Gasteiger partial charge in [0.15, 0.2) is 0 Å². The third kappa shape index (κ3) is 5.77. The minimum atomic E-state index is -3.56. The van der Waals surface area contributed by atoms with E-state index in [-0.39, 0.29) is 12.5 Å². The fourth-order valence-electron chi connectivity index (χ4n) is 2.37. The summed E-state index contributed by atoms with van der Waals surface area (Å²) in [5.41, 5.74) is 2.39. The maximum Gasteiger partial charge on any atom is 0.241 e. The molecular weight excluding hydrogens is 352 g/mol. The number of nitrogens with zero attached hydrogens (tertiary/aromatic N) is 1. The fourth-order valence-corrected chi connectivity index (χ4v) is 3.22. The Bertz CT molecular complexity index is 831. The Morgan fingerprint density at radius 3 is 2.23 bits per heavy atom. The summed E-state index contributed by atoms with van der Waals surface area (Å²) in [6.45, 7) is 4.47. The summed E-state index contributed by atoms with van der Waals surface area (Å²) in [5, 5.41) is 2.75. The lowest BCUT2D eigenvalue weighted by Gasteiger charge is -2.22. The van der Waals surface area contributed by atoms with E-state index in [2.05, 4.69) is 5.32 Å². The number of anilines is 1. The van der Waals surface area contributed by atoms with Crippen LogP contribution in [0.15, 0.2) is 48.5 Å². The molecule has 0 saturated carbocycles. The van der Waals surface area contributed by atoms with Crippen molar-refractivity contribution in [1.29, 1.82) is 0 Å². The predicted octanol–water partition coefficient (Wildman–Crippen LogP) is 2.48. The van der Waals surface area contributed by atoms with Crippen LogP contribution in [0.4, 0.5) is 5.69 Å². The highest BCUT2D eigenvalue weighted by Crippen LogP contribution is 2.18. The molecule has 26 heavy (non-hydrogen) atoms. The van der Waals surface area contributed by atoms with Gasteiger partial charge in [0.25, 0.3) is 0 Å². The third-order valence-electron chi connectivity index (χ3n) is 3.73. The number of ether oxygens (including phenoxy) is 1. The molecule has 1 amide bonds. The van der Waals surface area contributed by atoms with Gasteiger partial charge in [0, 0.05) is 6.54 Å². The molecule has 2 aromatic carbocycles. The number of sulfonamides is 1. The van der Waals surface area contributed by atoms with Gasteiger partial charge in [0.2, 0.25) is 15.9 Å². The van der Waals surface area contributed by atoms with E-state index in [1.807, 2.05) is 50.2 Å². The Hall–Kier alpha value is -2.54. The zero-order valence-electron chi connectivity index (χ0n) is 15.2. The summed E-state index contributed by atoms with van der Waals surface area (Å²) in [7, 11) is -3.56. The van der Waals surface area contributed by atoms with Crippen molar-refractivity contribution in [3.63, 3.8) is 0 Å². The molecule has 7 heteroatoms. The van der Waals surface area contributed by atoms with Crippen molar-refractivity contribution >= 4 is 21.6 Å². The van der Waals surface area contributed by atoms with E-state index in [4.69, 9.17) is 4.74 Å². The number of hydrogen-bond donors (Lipinski definition) is 1. The number of hydrogen-bond acceptors (Lipinski definition) is 4. The van der Waals surface area contributed by atoms with Crippen molar-refractivity contribution < 1.29 is 17.9 Å². The number of rotatable bonds is 8. The maximum atomic E-state index is 12.2. The van der Waals surface area contributed by atoms with Crippen molar-refractivity contribution in [3.05, 3.63) is 59.7 Å². The molecule has 0 atom stereocenters. The van der Waals surface area contributed by atoms with E-state index in [1.165, 1.54) is 0 Å². The molecule has 0 saturated heterocycles.